The zero-order valence-corrected chi connectivity index (χ0v) is 10.3. The highest BCUT2D eigenvalue weighted by Crippen LogP contribution is 2.36. The maximum Gasteiger partial charge on any atom is 0.463 e. The van der Waals surface area contributed by atoms with Gasteiger partial charge >= 0.3 is 18.0 Å². The van der Waals surface area contributed by atoms with Crippen LogP contribution in [-0.4, -0.2) is 18.0 Å². The van der Waals surface area contributed by atoms with E-state index in [1.165, 1.54) is 31.2 Å². The molecule has 106 valence electrons. The van der Waals surface area contributed by atoms with E-state index in [9.17, 15) is 26.7 Å². The van der Waals surface area contributed by atoms with E-state index in [0.29, 0.717) is 10.6 Å². The van der Waals surface area contributed by atoms with Gasteiger partial charge in [0.25, 0.3) is 0 Å². The summed E-state index contributed by atoms with van der Waals surface area (Å²) in [5.74, 6) is -7.81. The van der Waals surface area contributed by atoms with Gasteiger partial charge in [-0.1, -0.05) is 23.7 Å². The van der Waals surface area contributed by atoms with Gasteiger partial charge in [0.1, 0.15) is 0 Å². The third-order valence-corrected chi connectivity index (χ3v) is 2.61. The summed E-state index contributed by atoms with van der Waals surface area (Å²) >= 11 is 5.60. The molecule has 19 heavy (non-hydrogen) atoms. The second-order valence-corrected chi connectivity index (χ2v) is 4.26. The molecular formula is C11H9ClF5NO. The Morgan fingerprint density at radius 2 is 1.63 bits per heavy atom. The van der Waals surface area contributed by atoms with Crippen LogP contribution < -0.4 is 5.32 Å². The first-order valence-electron chi connectivity index (χ1n) is 5.06. The van der Waals surface area contributed by atoms with Crippen molar-refractivity contribution in [2.45, 2.75) is 25.1 Å². The summed E-state index contributed by atoms with van der Waals surface area (Å²) in [4.78, 5) is 11.0. The van der Waals surface area contributed by atoms with Gasteiger partial charge in [-0.25, -0.2) is 0 Å². The molecule has 0 fully saturated rings. The first-order chi connectivity index (χ1) is 8.55. The van der Waals surface area contributed by atoms with Gasteiger partial charge in [0, 0.05) is 5.02 Å². The molecule has 0 aliphatic rings. The van der Waals surface area contributed by atoms with E-state index in [-0.39, 0.29) is 0 Å². The molecule has 0 heterocycles. The van der Waals surface area contributed by atoms with Gasteiger partial charge in [-0.3, -0.25) is 4.79 Å². The van der Waals surface area contributed by atoms with Crippen LogP contribution in [0, 0.1) is 0 Å². The first kappa shape index (κ1) is 15.7. The Labute approximate surface area is 110 Å². The predicted octanol–water partition coefficient (Wildman–Crippen LogP) is 3.71. The Morgan fingerprint density at radius 1 is 1.16 bits per heavy atom. The lowest BCUT2D eigenvalue weighted by molar-refractivity contribution is -0.270. The summed E-state index contributed by atoms with van der Waals surface area (Å²) in [5, 5.41) is 1.99. The molecule has 0 radical (unpaired) electrons. The molecule has 1 N–H and O–H groups in total. The van der Waals surface area contributed by atoms with Crippen molar-refractivity contribution in [1.82, 2.24) is 5.32 Å². The Morgan fingerprint density at radius 3 is 2.05 bits per heavy atom. The molecule has 1 rings (SSSR count). The summed E-state index contributed by atoms with van der Waals surface area (Å²) < 4.78 is 61.3. The number of hydrogen-bond acceptors (Lipinski definition) is 1. The van der Waals surface area contributed by atoms with Crippen molar-refractivity contribution >= 4 is 17.5 Å². The topological polar surface area (TPSA) is 29.1 Å². The number of hydrogen-bond donors (Lipinski definition) is 1. The normalized spacial score (nSPS) is 14.1. The maximum absolute atomic E-state index is 12.7. The quantitative estimate of drug-likeness (QED) is 0.847. The molecule has 0 unspecified atom stereocenters. The number of amides is 1. The molecule has 1 amide bonds. The van der Waals surface area contributed by atoms with Crippen LogP contribution in [0.25, 0.3) is 0 Å². The van der Waals surface area contributed by atoms with Gasteiger partial charge in [-0.15, -0.1) is 0 Å². The minimum atomic E-state index is -5.92. The van der Waals surface area contributed by atoms with E-state index in [4.69, 9.17) is 11.6 Å². The summed E-state index contributed by atoms with van der Waals surface area (Å²) in [6.45, 7) is 1.29. The average Bonchev–Trinajstić information content (AvgIpc) is 2.28. The van der Waals surface area contributed by atoms with Crippen LogP contribution in [0.4, 0.5) is 22.0 Å². The standard InChI is InChI=1S/C11H9ClF5NO/c1-6(7-2-4-8(12)5-3-7)18-9(19)10(13,14)11(15,16)17/h2-6H,1H3,(H,18,19)/t6-/m1/s1. The van der Waals surface area contributed by atoms with Crippen LogP contribution in [-0.2, 0) is 4.79 Å². The van der Waals surface area contributed by atoms with Gasteiger partial charge in [-0.2, -0.15) is 22.0 Å². The van der Waals surface area contributed by atoms with Crippen molar-refractivity contribution in [3.63, 3.8) is 0 Å². The van der Waals surface area contributed by atoms with Crippen molar-refractivity contribution in [2.24, 2.45) is 0 Å². The van der Waals surface area contributed by atoms with Crippen molar-refractivity contribution < 1.29 is 26.7 Å². The fourth-order valence-corrected chi connectivity index (χ4v) is 1.38. The Balaban J connectivity index is 2.80. The second-order valence-electron chi connectivity index (χ2n) is 3.82. The largest absolute Gasteiger partial charge is 0.463 e. The van der Waals surface area contributed by atoms with E-state index in [2.05, 4.69) is 0 Å². The number of rotatable bonds is 3. The monoisotopic (exact) mass is 301 g/mol. The number of carbonyl (C=O) groups excluding carboxylic acids is 1. The number of alkyl halides is 5. The van der Waals surface area contributed by atoms with E-state index < -0.39 is 24.0 Å². The average molecular weight is 302 g/mol. The highest BCUT2D eigenvalue weighted by molar-refractivity contribution is 6.30. The fraction of sp³-hybridized carbons (Fsp3) is 0.364. The Kier molecular flexibility index (Phi) is 4.39. The van der Waals surface area contributed by atoms with Crippen molar-refractivity contribution in [3.8, 4) is 0 Å². The van der Waals surface area contributed by atoms with Crippen LogP contribution in [0.5, 0.6) is 0 Å². The molecule has 8 heteroatoms. The zero-order valence-electron chi connectivity index (χ0n) is 9.56. The fourth-order valence-electron chi connectivity index (χ4n) is 1.25. The highest BCUT2D eigenvalue weighted by atomic mass is 35.5. The Bertz CT molecular complexity index is 457. The maximum atomic E-state index is 12.7. The SMILES string of the molecule is C[C@@H](NC(=O)C(F)(F)C(F)(F)F)c1ccc(Cl)cc1. The number of carbonyl (C=O) groups is 1. The minimum absolute atomic E-state index is 0.357. The first-order valence-corrected chi connectivity index (χ1v) is 5.44. The molecule has 1 atom stereocenters. The summed E-state index contributed by atoms with van der Waals surface area (Å²) in [6.07, 6.45) is -5.92. The molecular weight excluding hydrogens is 293 g/mol. The van der Waals surface area contributed by atoms with Gasteiger partial charge in [-0.05, 0) is 24.6 Å². The second kappa shape index (κ2) is 5.32. The lowest BCUT2D eigenvalue weighted by Gasteiger charge is -2.21. The van der Waals surface area contributed by atoms with Gasteiger partial charge in [0.2, 0.25) is 0 Å². The van der Waals surface area contributed by atoms with Crippen LogP contribution in [0.3, 0.4) is 0 Å². The van der Waals surface area contributed by atoms with Gasteiger partial charge in [0.15, 0.2) is 0 Å². The van der Waals surface area contributed by atoms with Gasteiger partial charge in [0.05, 0.1) is 6.04 Å². The molecule has 0 saturated carbocycles. The van der Waals surface area contributed by atoms with Crippen molar-refractivity contribution in [2.75, 3.05) is 0 Å². The van der Waals surface area contributed by atoms with Crippen molar-refractivity contribution in [1.29, 1.82) is 0 Å². The Hall–Kier alpha value is -1.37. The third-order valence-electron chi connectivity index (χ3n) is 2.36. The van der Waals surface area contributed by atoms with E-state index in [1.54, 1.807) is 5.32 Å². The predicted molar refractivity (Wildman–Crippen MR) is 59.0 cm³/mol. The molecule has 0 bridgehead atoms. The summed E-state index contributed by atoms with van der Waals surface area (Å²) in [5.41, 5.74) is 0.357. The summed E-state index contributed by atoms with van der Waals surface area (Å²) in [7, 11) is 0. The highest BCUT2D eigenvalue weighted by Gasteiger charge is 2.63. The van der Waals surface area contributed by atoms with Crippen LogP contribution >= 0.6 is 11.6 Å². The third kappa shape index (κ3) is 3.56. The van der Waals surface area contributed by atoms with E-state index in [1.807, 2.05) is 0 Å². The van der Waals surface area contributed by atoms with Crippen molar-refractivity contribution in [3.05, 3.63) is 34.9 Å². The lowest BCUT2D eigenvalue weighted by Crippen LogP contribution is -2.50. The zero-order chi connectivity index (χ0) is 14.8. The lowest BCUT2D eigenvalue weighted by atomic mass is 10.1. The molecule has 0 aliphatic heterocycles. The number of nitrogens with one attached hydrogen (secondary N) is 1. The molecule has 0 aliphatic carbocycles. The molecule has 1 aromatic rings. The molecule has 2 nitrogen and oxygen atoms in total. The number of benzene rings is 1. The van der Waals surface area contributed by atoms with E-state index >= 15 is 0 Å². The van der Waals surface area contributed by atoms with E-state index in [0.717, 1.165) is 0 Å². The smallest absolute Gasteiger partial charge is 0.344 e. The van der Waals surface area contributed by atoms with Crippen LogP contribution in [0.1, 0.15) is 18.5 Å². The number of halogens is 6. The molecule has 1 aromatic carbocycles. The molecule has 0 aromatic heterocycles. The van der Waals surface area contributed by atoms with Crippen LogP contribution in [0.2, 0.25) is 5.02 Å². The molecule has 0 spiro atoms. The molecule has 0 saturated heterocycles. The summed E-state index contributed by atoms with van der Waals surface area (Å²) in [6, 6.07) is 4.69. The minimum Gasteiger partial charge on any atom is -0.344 e. The van der Waals surface area contributed by atoms with Crippen LogP contribution in [0.15, 0.2) is 24.3 Å². The van der Waals surface area contributed by atoms with Gasteiger partial charge < -0.3 is 5.32 Å².